The van der Waals surface area contributed by atoms with Gasteiger partial charge in [-0.2, -0.15) is 0 Å². The second kappa shape index (κ2) is 13.6. The molecule has 10 heteroatoms. The summed E-state index contributed by atoms with van der Waals surface area (Å²) in [6.45, 7) is 11.6. The first-order valence-electron chi connectivity index (χ1n) is 14.8. The Kier molecular flexibility index (Phi) is 9.66. The lowest BCUT2D eigenvalue weighted by molar-refractivity contribution is 0.0941. The molecule has 0 aliphatic carbocycles. The van der Waals surface area contributed by atoms with E-state index < -0.39 is 0 Å². The molecule has 2 N–H and O–H groups in total. The normalized spacial score (nSPS) is 17.7. The first kappa shape index (κ1) is 29.2. The van der Waals surface area contributed by atoms with Crippen molar-refractivity contribution in [1.29, 1.82) is 0 Å². The molecule has 0 atom stereocenters. The van der Waals surface area contributed by atoms with Crippen LogP contribution in [0, 0.1) is 0 Å². The Bertz CT molecular complexity index is 1320. The Balaban J connectivity index is 1.18. The van der Waals surface area contributed by atoms with Crippen molar-refractivity contribution in [2.75, 3.05) is 92.6 Å². The van der Waals surface area contributed by atoms with Crippen LogP contribution in [0.3, 0.4) is 0 Å². The lowest BCUT2D eigenvalue weighted by Gasteiger charge is -2.32. The van der Waals surface area contributed by atoms with Gasteiger partial charge in [-0.05, 0) is 76.4 Å². The van der Waals surface area contributed by atoms with E-state index >= 15 is 0 Å². The first-order valence-corrected chi connectivity index (χ1v) is 14.8. The van der Waals surface area contributed by atoms with Crippen molar-refractivity contribution >= 4 is 33.8 Å². The van der Waals surface area contributed by atoms with Gasteiger partial charge in [0, 0.05) is 76.6 Å². The van der Waals surface area contributed by atoms with E-state index in [2.05, 4.69) is 44.3 Å². The molecule has 2 saturated heterocycles. The molecule has 2 aromatic carbocycles. The molecule has 41 heavy (non-hydrogen) atoms. The molecule has 0 radical (unpaired) electrons. The van der Waals surface area contributed by atoms with Crippen LogP contribution >= 0.6 is 0 Å². The van der Waals surface area contributed by atoms with Crippen LogP contribution in [-0.2, 0) is 0 Å². The van der Waals surface area contributed by atoms with Crippen molar-refractivity contribution in [2.24, 2.45) is 0 Å². The Labute approximate surface area is 241 Å². The summed E-state index contributed by atoms with van der Waals surface area (Å²) in [4.78, 5) is 48.5. The summed E-state index contributed by atoms with van der Waals surface area (Å²) in [7, 11) is 4.27. The molecule has 220 valence electrons. The zero-order chi connectivity index (χ0) is 28.8. The minimum absolute atomic E-state index is 0.213. The van der Waals surface area contributed by atoms with Gasteiger partial charge in [-0.1, -0.05) is 0 Å². The number of rotatable bonds is 10. The van der Waals surface area contributed by atoms with Gasteiger partial charge in [0.05, 0.1) is 10.8 Å². The Hall–Kier alpha value is -3.31. The summed E-state index contributed by atoms with van der Waals surface area (Å²) in [5, 5.41) is 6.60. The van der Waals surface area contributed by atoms with E-state index in [0.29, 0.717) is 46.2 Å². The summed E-state index contributed by atoms with van der Waals surface area (Å²) in [5.74, 6) is -0.427. The summed E-state index contributed by atoms with van der Waals surface area (Å²) < 4.78 is 5.96. The molecule has 2 amide bonds. The number of carbonyl (C=O) groups is 2. The average molecular weight is 563 g/mol. The standard InChI is InChI=1S/C31H42N6O4/c1-34-13-17-36(18-14-34)11-3-9-32-30(39)23-5-7-27-25(21-23)29(38)26-22-24(6-8-28(26)41-27)31(40)33-10-4-12-37-19-15-35(2)16-20-37/h5-8,21-22H,3-4,9-20H2,1-2H3,(H,32,39)(H,33,40). The van der Waals surface area contributed by atoms with Gasteiger partial charge in [0.25, 0.3) is 11.8 Å². The highest BCUT2D eigenvalue weighted by Crippen LogP contribution is 2.21. The SMILES string of the molecule is CN1CCN(CCCNC(=O)c2ccc3oc4ccc(C(=O)NCCCN5CCN(C)CC5)cc4c(=O)c3c2)CC1. The van der Waals surface area contributed by atoms with Gasteiger partial charge < -0.3 is 34.7 Å². The molecule has 0 saturated carbocycles. The van der Waals surface area contributed by atoms with E-state index in [-0.39, 0.29) is 17.2 Å². The van der Waals surface area contributed by atoms with Crippen LogP contribution in [0.2, 0.25) is 0 Å². The zero-order valence-electron chi connectivity index (χ0n) is 24.3. The lowest BCUT2D eigenvalue weighted by Crippen LogP contribution is -2.45. The molecule has 2 aliphatic heterocycles. The maximum Gasteiger partial charge on any atom is 0.251 e. The summed E-state index contributed by atoms with van der Waals surface area (Å²) >= 11 is 0. The second-order valence-electron chi connectivity index (χ2n) is 11.4. The minimum Gasteiger partial charge on any atom is -0.456 e. The lowest BCUT2D eigenvalue weighted by atomic mass is 10.1. The van der Waals surface area contributed by atoms with Gasteiger partial charge in [0.1, 0.15) is 11.2 Å². The number of benzene rings is 2. The number of fused-ring (bicyclic) bond motifs is 2. The van der Waals surface area contributed by atoms with Crippen molar-refractivity contribution in [2.45, 2.75) is 12.8 Å². The number of piperazine rings is 2. The fourth-order valence-corrected chi connectivity index (χ4v) is 5.50. The molecule has 0 unspecified atom stereocenters. The summed E-state index contributed by atoms with van der Waals surface area (Å²) in [6, 6.07) is 9.85. The fourth-order valence-electron chi connectivity index (χ4n) is 5.50. The van der Waals surface area contributed by atoms with E-state index in [1.165, 1.54) is 0 Å². The smallest absolute Gasteiger partial charge is 0.251 e. The number of nitrogens with one attached hydrogen (secondary N) is 2. The topological polar surface area (TPSA) is 101 Å². The maximum absolute atomic E-state index is 13.4. The van der Waals surface area contributed by atoms with Crippen LogP contribution in [0.25, 0.3) is 21.9 Å². The summed E-state index contributed by atoms with van der Waals surface area (Å²) in [5.41, 5.74) is 1.40. The van der Waals surface area contributed by atoms with Crippen molar-refractivity contribution in [3.63, 3.8) is 0 Å². The van der Waals surface area contributed by atoms with Crippen LogP contribution in [-0.4, -0.2) is 124 Å². The largest absolute Gasteiger partial charge is 0.456 e. The van der Waals surface area contributed by atoms with Gasteiger partial charge in [0.2, 0.25) is 5.43 Å². The van der Waals surface area contributed by atoms with Crippen molar-refractivity contribution < 1.29 is 14.0 Å². The van der Waals surface area contributed by atoms with Crippen LogP contribution in [0.4, 0.5) is 0 Å². The molecule has 0 spiro atoms. The molecule has 2 aliphatic rings. The number of carbonyl (C=O) groups excluding carboxylic acids is 2. The molecule has 3 heterocycles. The number of hydrogen-bond donors (Lipinski definition) is 2. The third-order valence-electron chi connectivity index (χ3n) is 8.26. The fraction of sp³-hybridized carbons (Fsp3) is 0.516. The van der Waals surface area contributed by atoms with Gasteiger partial charge >= 0.3 is 0 Å². The van der Waals surface area contributed by atoms with Crippen LogP contribution in [0.5, 0.6) is 0 Å². The van der Waals surface area contributed by atoms with Gasteiger partial charge in [-0.3, -0.25) is 14.4 Å². The van der Waals surface area contributed by atoms with Crippen molar-refractivity contribution in [3.8, 4) is 0 Å². The molecule has 0 bridgehead atoms. The molecular formula is C31H42N6O4. The zero-order valence-corrected chi connectivity index (χ0v) is 24.3. The quantitative estimate of drug-likeness (QED) is 0.284. The molecule has 10 nitrogen and oxygen atoms in total. The van der Waals surface area contributed by atoms with Gasteiger partial charge in [-0.25, -0.2) is 0 Å². The van der Waals surface area contributed by atoms with Crippen LogP contribution in [0.1, 0.15) is 33.6 Å². The number of nitrogens with zero attached hydrogens (tertiary/aromatic N) is 4. The summed E-state index contributed by atoms with van der Waals surface area (Å²) in [6.07, 6.45) is 1.74. The third kappa shape index (κ3) is 7.51. The maximum atomic E-state index is 13.4. The monoisotopic (exact) mass is 562 g/mol. The highest BCUT2D eigenvalue weighted by Gasteiger charge is 2.16. The predicted octanol–water partition coefficient (Wildman–Crippen LogP) is 1.68. The van der Waals surface area contributed by atoms with Crippen LogP contribution < -0.4 is 16.1 Å². The van der Waals surface area contributed by atoms with E-state index in [1.54, 1.807) is 36.4 Å². The van der Waals surface area contributed by atoms with Crippen LogP contribution in [0.15, 0.2) is 45.6 Å². The van der Waals surface area contributed by atoms with E-state index in [1.807, 2.05) is 0 Å². The predicted molar refractivity (Wildman–Crippen MR) is 162 cm³/mol. The van der Waals surface area contributed by atoms with E-state index in [0.717, 1.165) is 78.3 Å². The average Bonchev–Trinajstić information content (AvgIpc) is 2.99. The van der Waals surface area contributed by atoms with E-state index in [9.17, 15) is 14.4 Å². The first-order chi connectivity index (χ1) is 19.9. The second-order valence-corrected chi connectivity index (χ2v) is 11.4. The Morgan fingerprint density at radius 3 is 1.51 bits per heavy atom. The minimum atomic E-state index is -0.254. The van der Waals surface area contributed by atoms with Crippen molar-refractivity contribution in [1.82, 2.24) is 30.2 Å². The van der Waals surface area contributed by atoms with Crippen molar-refractivity contribution in [3.05, 3.63) is 57.7 Å². The molecule has 3 aromatic rings. The molecular weight excluding hydrogens is 520 g/mol. The molecule has 5 rings (SSSR count). The number of hydrogen-bond acceptors (Lipinski definition) is 8. The highest BCUT2D eigenvalue weighted by molar-refractivity contribution is 6.01. The van der Waals surface area contributed by atoms with Gasteiger partial charge in [0.15, 0.2) is 0 Å². The number of likely N-dealkylation sites (N-methyl/N-ethyl adjacent to an activating group) is 2. The molecule has 1 aromatic heterocycles. The van der Waals surface area contributed by atoms with Gasteiger partial charge in [-0.15, -0.1) is 0 Å². The third-order valence-corrected chi connectivity index (χ3v) is 8.26. The molecule has 2 fully saturated rings. The van der Waals surface area contributed by atoms with E-state index in [4.69, 9.17) is 4.42 Å². The Morgan fingerprint density at radius 2 is 1.10 bits per heavy atom. The Morgan fingerprint density at radius 1 is 0.683 bits per heavy atom. The number of amides is 2. The highest BCUT2D eigenvalue weighted by atomic mass is 16.3.